The number of aromatic nitrogens is 5. The number of benzene rings is 7. The second-order valence-corrected chi connectivity index (χ2v) is 24.0. The maximum absolute atomic E-state index is 8.68. The molecular formula is C71H71IrN5O-2. The molecule has 0 amide bonds. The number of hydrogen-bond acceptors (Lipinski definition) is 5. The SMILES string of the molecule is CC(C)(C)c1ccnc(-c2[c-]cccc2)n1.[2H]C([2H])([2H])c1c[c-]c(-c2nc3ccccc3n2-c2c(C(C)C)cc(-c3ccc(-c4ccccc4)cc3)cc2C(C)C)c2oc3nc(-c4cc(C(C)(C)C)cc(C(C)(C)C)c4)ccc3c12.[Ir]. The summed E-state index contributed by atoms with van der Waals surface area (Å²) in [4.78, 5) is 19.3. The summed E-state index contributed by atoms with van der Waals surface area (Å²) in [6.07, 6.45) is 1.81. The van der Waals surface area contributed by atoms with Crippen molar-refractivity contribution in [3.8, 4) is 62.0 Å². The average molecular weight is 1210 g/mol. The van der Waals surface area contributed by atoms with E-state index in [1.54, 1.807) is 6.07 Å². The number of pyridine rings is 1. The van der Waals surface area contributed by atoms with Crippen LogP contribution in [0.1, 0.15) is 139 Å². The normalized spacial score (nSPS) is 12.8. The molecule has 0 bridgehead atoms. The van der Waals surface area contributed by atoms with Crippen LogP contribution >= 0.6 is 0 Å². The molecule has 6 nitrogen and oxygen atoms in total. The van der Waals surface area contributed by atoms with E-state index in [4.69, 9.17) is 18.5 Å². The Morgan fingerprint density at radius 3 is 1.79 bits per heavy atom. The Morgan fingerprint density at radius 1 is 0.577 bits per heavy atom. The van der Waals surface area contributed by atoms with E-state index in [-0.39, 0.29) is 53.7 Å². The van der Waals surface area contributed by atoms with E-state index < -0.39 is 6.85 Å². The van der Waals surface area contributed by atoms with Gasteiger partial charge in [-0.3, -0.25) is 15.0 Å². The summed E-state index contributed by atoms with van der Waals surface area (Å²) in [6, 6.07) is 60.7. The van der Waals surface area contributed by atoms with E-state index in [1.165, 1.54) is 33.4 Å². The number of rotatable bonds is 8. The minimum Gasteiger partial charge on any atom is -0.486 e. The van der Waals surface area contributed by atoms with Crippen LogP contribution in [0.3, 0.4) is 0 Å². The summed E-state index contributed by atoms with van der Waals surface area (Å²) in [6.45, 7) is 26.3. The van der Waals surface area contributed by atoms with Crippen LogP contribution in [0.5, 0.6) is 0 Å². The molecule has 0 saturated carbocycles. The molecule has 0 aliphatic rings. The minimum absolute atomic E-state index is 0. The first-order valence-corrected chi connectivity index (χ1v) is 26.9. The molecule has 11 aromatic rings. The van der Waals surface area contributed by atoms with Crippen LogP contribution in [0.4, 0.5) is 0 Å². The van der Waals surface area contributed by atoms with Crippen molar-refractivity contribution < 1.29 is 28.6 Å². The van der Waals surface area contributed by atoms with Crippen molar-refractivity contribution in [2.75, 3.05) is 0 Å². The Bertz CT molecular complexity index is 3980. The molecule has 0 aliphatic heterocycles. The summed E-state index contributed by atoms with van der Waals surface area (Å²) >= 11 is 0. The number of fused-ring (bicyclic) bond motifs is 4. The Balaban J connectivity index is 0.000000400. The van der Waals surface area contributed by atoms with Crippen LogP contribution in [0.25, 0.3) is 95.1 Å². The van der Waals surface area contributed by atoms with Crippen molar-refractivity contribution in [1.29, 1.82) is 0 Å². The summed E-state index contributed by atoms with van der Waals surface area (Å²) in [5, 5.41) is 1.14. The molecule has 0 aliphatic carbocycles. The Morgan fingerprint density at radius 2 is 1.19 bits per heavy atom. The molecule has 11 rings (SSSR count). The van der Waals surface area contributed by atoms with Gasteiger partial charge in [0.25, 0.3) is 0 Å². The topological polar surface area (TPSA) is 69.6 Å². The standard InChI is InChI=1S/C57H56N3O.C14H15N2.Ir/c1-34(2)46-31-40(39-24-22-38(23-25-39)37-17-13-12-14-18-37)32-47(35(3)4)52(46)60-50-20-16-15-19-49(50)58-54(60)45-26-21-36(5)51-44-27-28-48(59-55(44)61-53(45)51)41-29-42(56(6,7)8)33-43(30-41)57(9,10)11;1-14(2,3)12-9-10-15-13(16-12)11-7-5-4-6-8-11;/h12-25,27-35H,1-11H3;4-7,9-10H,1-3H3;/q2*-1;/i5D3;;. The molecule has 0 fully saturated rings. The molecule has 0 atom stereocenters. The summed E-state index contributed by atoms with van der Waals surface area (Å²) in [7, 11) is 0. The van der Waals surface area contributed by atoms with Gasteiger partial charge in [0.2, 0.25) is 5.71 Å². The van der Waals surface area contributed by atoms with Crippen molar-refractivity contribution in [1.82, 2.24) is 24.5 Å². The Hall–Kier alpha value is -7.31. The molecule has 4 heterocycles. The third kappa shape index (κ3) is 11.2. The molecular weight excluding hydrogens is 1130 g/mol. The predicted molar refractivity (Wildman–Crippen MR) is 322 cm³/mol. The van der Waals surface area contributed by atoms with Crippen LogP contribution in [0, 0.1) is 19.0 Å². The number of nitrogens with zero attached hydrogens (tertiary/aromatic N) is 5. The largest absolute Gasteiger partial charge is 0.486 e. The van der Waals surface area contributed by atoms with Gasteiger partial charge in [0.1, 0.15) is 0 Å². The van der Waals surface area contributed by atoms with Crippen molar-refractivity contribution in [2.45, 2.75) is 125 Å². The van der Waals surface area contributed by atoms with Gasteiger partial charge in [-0.25, -0.2) is 4.98 Å². The Labute approximate surface area is 480 Å². The van der Waals surface area contributed by atoms with Crippen LogP contribution in [0.2, 0.25) is 0 Å². The van der Waals surface area contributed by atoms with E-state index in [9.17, 15) is 0 Å². The number of aryl methyl sites for hydroxylation is 1. The summed E-state index contributed by atoms with van der Waals surface area (Å²) in [5.74, 6) is 1.67. The van der Waals surface area contributed by atoms with Crippen LogP contribution in [0.15, 0.2) is 168 Å². The second-order valence-electron chi connectivity index (χ2n) is 24.0. The molecule has 0 saturated heterocycles. The predicted octanol–water partition coefficient (Wildman–Crippen LogP) is 19.2. The molecule has 7 heteroatoms. The van der Waals surface area contributed by atoms with Crippen LogP contribution < -0.4 is 0 Å². The number of furan rings is 1. The fraction of sp³-hybridized carbons (Fsp3) is 0.268. The van der Waals surface area contributed by atoms with Gasteiger partial charge in [0.15, 0.2) is 0 Å². The first-order chi connectivity index (χ1) is 37.8. The zero-order valence-corrected chi connectivity index (χ0v) is 49.6. The first-order valence-electron chi connectivity index (χ1n) is 28.4. The van der Waals surface area contributed by atoms with E-state index in [2.05, 4.69) is 202 Å². The molecule has 7 aromatic carbocycles. The van der Waals surface area contributed by atoms with E-state index in [0.29, 0.717) is 33.5 Å². The van der Waals surface area contributed by atoms with Gasteiger partial charge >= 0.3 is 0 Å². The third-order valence-corrected chi connectivity index (χ3v) is 14.5. The Kier molecular flexibility index (Phi) is 14.4. The molecule has 1 radical (unpaired) electrons. The molecule has 0 N–H and O–H groups in total. The number of para-hydroxylation sites is 2. The zero-order valence-electron chi connectivity index (χ0n) is 50.2. The van der Waals surface area contributed by atoms with Gasteiger partial charge in [-0.15, -0.1) is 53.6 Å². The third-order valence-electron chi connectivity index (χ3n) is 14.5. The smallest absolute Gasteiger partial charge is 0.216 e. The van der Waals surface area contributed by atoms with Crippen LogP contribution in [-0.2, 0) is 36.4 Å². The number of imidazole rings is 1. The van der Waals surface area contributed by atoms with E-state index in [0.717, 1.165) is 56.2 Å². The van der Waals surface area contributed by atoms with Crippen molar-refractivity contribution in [2.24, 2.45) is 0 Å². The average Bonchev–Trinajstić information content (AvgIpc) is 4.08. The number of hydrogen-bond donors (Lipinski definition) is 0. The maximum atomic E-state index is 8.68. The molecule has 4 aromatic heterocycles. The van der Waals surface area contributed by atoms with Gasteiger partial charge in [-0.1, -0.05) is 181 Å². The maximum Gasteiger partial charge on any atom is 0.216 e. The molecule has 397 valence electrons. The second kappa shape index (κ2) is 21.8. The van der Waals surface area contributed by atoms with Crippen molar-refractivity contribution in [3.63, 3.8) is 0 Å². The quantitative estimate of drug-likeness (QED) is 0.142. The summed E-state index contributed by atoms with van der Waals surface area (Å²) < 4.78 is 35.1. The monoisotopic (exact) mass is 1210 g/mol. The minimum atomic E-state index is -2.43. The van der Waals surface area contributed by atoms with Gasteiger partial charge < -0.3 is 8.98 Å². The fourth-order valence-electron chi connectivity index (χ4n) is 10.0. The van der Waals surface area contributed by atoms with Crippen molar-refractivity contribution in [3.05, 3.63) is 210 Å². The van der Waals surface area contributed by atoms with Gasteiger partial charge in [0, 0.05) is 58.2 Å². The van der Waals surface area contributed by atoms with Gasteiger partial charge in [-0.2, -0.15) is 0 Å². The van der Waals surface area contributed by atoms with Gasteiger partial charge in [0.05, 0.1) is 34.0 Å². The zero-order chi connectivity index (χ0) is 57.1. The van der Waals surface area contributed by atoms with Crippen LogP contribution in [-0.4, -0.2) is 24.5 Å². The molecule has 0 unspecified atom stereocenters. The molecule has 0 spiro atoms. The van der Waals surface area contributed by atoms with Crippen molar-refractivity contribution >= 4 is 33.1 Å². The van der Waals surface area contributed by atoms with Gasteiger partial charge in [-0.05, 0) is 122 Å². The summed E-state index contributed by atoms with van der Waals surface area (Å²) in [5.41, 5.74) is 17.4. The van der Waals surface area contributed by atoms with E-state index >= 15 is 0 Å². The fourth-order valence-corrected chi connectivity index (χ4v) is 10.0. The van der Waals surface area contributed by atoms with E-state index in [1.807, 2.05) is 72.9 Å². The first kappa shape index (κ1) is 51.4. The molecule has 78 heavy (non-hydrogen) atoms.